The van der Waals surface area contributed by atoms with Gasteiger partial charge in [0.1, 0.15) is 17.1 Å². The number of nitrogens with zero attached hydrogens (tertiary/aromatic N) is 1. The monoisotopic (exact) mass is 442 g/mol. The van der Waals surface area contributed by atoms with Crippen LogP contribution in [0.15, 0.2) is 42.5 Å². The fraction of sp³-hybridized carbons (Fsp3) is 0.480. The molecule has 6 heteroatoms. The van der Waals surface area contributed by atoms with Gasteiger partial charge in [-0.05, 0) is 63.1 Å². The van der Waals surface area contributed by atoms with Crippen LogP contribution in [0.3, 0.4) is 0 Å². The van der Waals surface area contributed by atoms with Crippen LogP contribution in [0, 0.1) is 5.92 Å². The number of ether oxygens (including phenoxy) is 2. The smallest absolute Gasteiger partial charge is 0.224 e. The molecule has 2 aliphatic heterocycles. The molecule has 2 heterocycles. The van der Waals surface area contributed by atoms with Crippen LogP contribution in [-0.2, 0) is 11.3 Å². The van der Waals surface area contributed by atoms with Crippen molar-refractivity contribution in [1.82, 2.24) is 10.2 Å². The normalized spacial score (nSPS) is 22.8. The van der Waals surface area contributed by atoms with Crippen LogP contribution in [0.5, 0.6) is 11.5 Å². The molecule has 2 atom stereocenters. The summed E-state index contributed by atoms with van der Waals surface area (Å²) in [5.74, 6) is 1.66. The number of methoxy groups -OCH3 is 1. The van der Waals surface area contributed by atoms with Gasteiger partial charge in [-0.2, -0.15) is 0 Å². The molecule has 166 valence electrons. The number of rotatable bonds is 5. The van der Waals surface area contributed by atoms with Gasteiger partial charge in [0.05, 0.1) is 19.1 Å². The Hall–Kier alpha value is -2.24. The Bertz CT molecular complexity index is 946. The molecule has 0 aliphatic carbocycles. The van der Waals surface area contributed by atoms with Gasteiger partial charge in [-0.3, -0.25) is 9.69 Å². The van der Waals surface area contributed by atoms with Crippen molar-refractivity contribution in [3.63, 3.8) is 0 Å². The molecular formula is C25H31ClN2O3. The molecule has 5 nitrogen and oxygen atoms in total. The predicted molar refractivity (Wildman–Crippen MR) is 123 cm³/mol. The van der Waals surface area contributed by atoms with Crippen LogP contribution < -0.4 is 14.8 Å². The van der Waals surface area contributed by atoms with E-state index in [1.807, 2.05) is 36.4 Å². The number of likely N-dealkylation sites (tertiary alicyclic amines) is 1. The molecule has 1 amide bonds. The number of amides is 1. The van der Waals surface area contributed by atoms with E-state index in [2.05, 4.69) is 30.1 Å². The lowest BCUT2D eigenvalue weighted by atomic mass is 9.88. The van der Waals surface area contributed by atoms with Gasteiger partial charge < -0.3 is 14.8 Å². The summed E-state index contributed by atoms with van der Waals surface area (Å²) in [7, 11) is 1.65. The van der Waals surface area contributed by atoms with Crippen molar-refractivity contribution >= 4 is 17.5 Å². The third-order valence-electron chi connectivity index (χ3n) is 6.22. The van der Waals surface area contributed by atoms with Crippen molar-refractivity contribution in [1.29, 1.82) is 0 Å². The molecule has 1 saturated heterocycles. The van der Waals surface area contributed by atoms with E-state index in [0.29, 0.717) is 0 Å². The molecule has 0 radical (unpaired) electrons. The summed E-state index contributed by atoms with van der Waals surface area (Å²) in [5.41, 5.74) is 1.75. The highest BCUT2D eigenvalue weighted by atomic mass is 35.5. The Kier molecular flexibility index (Phi) is 6.44. The summed E-state index contributed by atoms with van der Waals surface area (Å²) in [6.07, 6.45) is 2.63. The van der Waals surface area contributed by atoms with Gasteiger partial charge in [0.2, 0.25) is 5.91 Å². The standard InChI is InChI=1S/C25H31ClN2O3/c1-25(2)14-22(20-13-19(30-3)10-11-23(20)31-25)27-24(29)18-8-6-12-28(16-18)15-17-7-4-5-9-21(17)26/h4-5,7,9-11,13,18,22H,6,8,12,14-16H2,1-3H3,(H,27,29)/t18-,22+/m1/s1. The Morgan fingerprint density at radius 3 is 2.87 bits per heavy atom. The largest absolute Gasteiger partial charge is 0.497 e. The van der Waals surface area contributed by atoms with E-state index in [1.54, 1.807) is 7.11 Å². The SMILES string of the molecule is COc1ccc2c(c1)[C@@H](NC(=O)[C@@H]1CCCN(Cc3ccccc3Cl)C1)CC(C)(C)O2. The highest BCUT2D eigenvalue weighted by Crippen LogP contribution is 2.41. The number of piperidine rings is 1. The lowest BCUT2D eigenvalue weighted by molar-refractivity contribution is -0.128. The van der Waals surface area contributed by atoms with Crippen molar-refractivity contribution in [3.05, 3.63) is 58.6 Å². The number of nitrogens with one attached hydrogen (secondary N) is 1. The van der Waals surface area contributed by atoms with Gasteiger partial charge in [0.15, 0.2) is 0 Å². The fourth-order valence-electron chi connectivity index (χ4n) is 4.66. The number of hydrogen-bond acceptors (Lipinski definition) is 4. The van der Waals surface area contributed by atoms with Gasteiger partial charge in [-0.1, -0.05) is 29.8 Å². The first kappa shape index (κ1) is 22.0. The topological polar surface area (TPSA) is 50.8 Å². The van der Waals surface area contributed by atoms with Crippen LogP contribution in [-0.4, -0.2) is 36.6 Å². The van der Waals surface area contributed by atoms with Gasteiger partial charge in [0.25, 0.3) is 0 Å². The third kappa shape index (κ3) is 5.16. The van der Waals surface area contributed by atoms with Gasteiger partial charge >= 0.3 is 0 Å². The predicted octanol–water partition coefficient (Wildman–Crippen LogP) is 4.98. The summed E-state index contributed by atoms with van der Waals surface area (Å²) in [6, 6.07) is 13.6. The van der Waals surface area contributed by atoms with E-state index in [-0.39, 0.29) is 23.5 Å². The van der Waals surface area contributed by atoms with E-state index < -0.39 is 0 Å². The molecule has 1 N–H and O–H groups in total. The maximum absolute atomic E-state index is 13.3. The number of benzene rings is 2. The molecule has 2 aromatic carbocycles. The highest BCUT2D eigenvalue weighted by Gasteiger charge is 2.36. The van der Waals surface area contributed by atoms with E-state index >= 15 is 0 Å². The first-order chi connectivity index (χ1) is 14.8. The second-order valence-corrected chi connectivity index (χ2v) is 9.60. The van der Waals surface area contributed by atoms with Crippen molar-refractivity contribution in [3.8, 4) is 11.5 Å². The molecule has 0 saturated carbocycles. The summed E-state index contributed by atoms with van der Waals surface area (Å²) in [6.45, 7) is 6.62. The molecule has 4 rings (SSSR count). The first-order valence-corrected chi connectivity index (χ1v) is 11.4. The molecule has 0 unspecified atom stereocenters. The van der Waals surface area contributed by atoms with Crippen molar-refractivity contribution in [2.75, 3.05) is 20.2 Å². The quantitative estimate of drug-likeness (QED) is 0.709. The third-order valence-corrected chi connectivity index (χ3v) is 6.59. The number of carbonyl (C=O) groups excluding carboxylic acids is 1. The summed E-state index contributed by atoms with van der Waals surface area (Å²) in [4.78, 5) is 15.6. The summed E-state index contributed by atoms with van der Waals surface area (Å²) >= 11 is 6.34. The summed E-state index contributed by atoms with van der Waals surface area (Å²) in [5, 5.41) is 4.10. The van der Waals surface area contributed by atoms with E-state index in [0.717, 1.165) is 66.5 Å². The molecule has 2 aromatic rings. The lowest BCUT2D eigenvalue weighted by Gasteiger charge is -2.39. The van der Waals surface area contributed by atoms with Crippen LogP contribution in [0.4, 0.5) is 0 Å². The Labute approximate surface area is 189 Å². The maximum atomic E-state index is 13.3. The Morgan fingerprint density at radius 1 is 1.29 bits per heavy atom. The van der Waals surface area contributed by atoms with Crippen LogP contribution in [0.1, 0.15) is 50.3 Å². The average molecular weight is 443 g/mol. The average Bonchev–Trinajstić information content (AvgIpc) is 2.74. The van der Waals surface area contributed by atoms with Crippen LogP contribution in [0.25, 0.3) is 0 Å². The van der Waals surface area contributed by atoms with Crippen molar-refractivity contribution in [2.24, 2.45) is 5.92 Å². The minimum Gasteiger partial charge on any atom is -0.497 e. The first-order valence-electron chi connectivity index (χ1n) is 11.0. The lowest BCUT2D eigenvalue weighted by Crippen LogP contribution is -2.46. The van der Waals surface area contributed by atoms with Crippen molar-refractivity contribution < 1.29 is 14.3 Å². The molecule has 1 fully saturated rings. The summed E-state index contributed by atoms with van der Waals surface area (Å²) < 4.78 is 11.5. The second kappa shape index (κ2) is 9.09. The number of carbonyl (C=O) groups is 1. The minimum atomic E-state index is -0.345. The molecular weight excluding hydrogens is 412 g/mol. The molecule has 31 heavy (non-hydrogen) atoms. The fourth-order valence-corrected chi connectivity index (χ4v) is 4.85. The zero-order chi connectivity index (χ0) is 22.0. The van der Waals surface area contributed by atoms with Gasteiger partial charge in [-0.25, -0.2) is 0 Å². The number of hydrogen-bond donors (Lipinski definition) is 1. The number of fused-ring (bicyclic) bond motifs is 1. The Morgan fingerprint density at radius 2 is 2.10 bits per heavy atom. The zero-order valence-electron chi connectivity index (χ0n) is 18.5. The molecule has 2 aliphatic rings. The zero-order valence-corrected chi connectivity index (χ0v) is 19.2. The molecule has 0 bridgehead atoms. The van der Waals surface area contributed by atoms with E-state index in [4.69, 9.17) is 21.1 Å². The minimum absolute atomic E-state index is 0.0312. The van der Waals surface area contributed by atoms with Crippen LogP contribution in [0.2, 0.25) is 5.02 Å². The highest BCUT2D eigenvalue weighted by molar-refractivity contribution is 6.31. The Balaban J connectivity index is 1.46. The second-order valence-electron chi connectivity index (χ2n) is 9.20. The van der Waals surface area contributed by atoms with Gasteiger partial charge in [0, 0.05) is 30.1 Å². The maximum Gasteiger partial charge on any atom is 0.224 e. The van der Waals surface area contributed by atoms with Crippen molar-refractivity contribution in [2.45, 2.75) is 51.3 Å². The number of halogens is 1. The van der Waals surface area contributed by atoms with E-state index in [1.165, 1.54) is 0 Å². The molecule has 0 spiro atoms. The van der Waals surface area contributed by atoms with E-state index in [9.17, 15) is 4.79 Å². The van der Waals surface area contributed by atoms with Crippen LogP contribution >= 0.6 is 11.6 Å². The van der Waals surface area contributed by atoms with Gasteiger partial charge in [-0.15, -0.1) is 0 Å². The molecule has 0 aromatic heterocycles.